The fraction of sp³-hybridized carbons (Fsp3) is 0.529. The molecule has 0 spiro atoms. The minimum atomic E-state index is -0.0260. The van der Waals surface area contributed by atoms with Gasteiger partial charge in [-0.2, -0.15) is 0 Å². The van der Waals surface area contributed by atoms with Crippen molar-refractivity contribution >= 4 is 17.5 Å². The number of hydrogen-bond donors (Lipinski definition) is 0. The van der Waals surface area contributed by atoms with Crippen LogP contribution in [0.5, 0.6) is 0 Å². The number of benzene rings is 1. The fourth-order valence-electron chi connectivity index (χ4n) is 4.70. The lowest BCUT2D eigenvalue weighted by Crippen LogP contribution is -2.33. The minimum Gasteiger partial charge on any atom is -0.274 e. The molecule has 1 aliphatic heterocycles. The SMILES string of the molecule is Cc1ccc(N2C(=O)C3C4CCC(C4)C3C2=O)c(C)c1. The van der Waals surface area contributed by atoms with E-state index in [1.807, 2.05) is 32.0 Å². The van der Waals surface area contributed by atoms with Crippen LogP contribution in [0.2, 0.25) is 0 Å². The maximum absolute atomic E-state index is 12.7. The Morgan fingerprint density at radius 1 is 1.00 bits per heavy atom. The first-order valence-corrected chi connectivity index (χ1v) is 7.53. The average molecular weight is 269 g/mol. The molecule has 3 fully saturated rings. The monoisotopic (exact) mass is 269 g/mol. The van der Waals surface area contributed by atoms with Crippen LogP contribution in [0.3, 0.4) is 0 Å². The standard InChI is InChI=1S/C17H19NO2/c1-9-3-6-13(10(2)7-9)18-16(19)14-11-4-5-12(8-11)15(14)17(18)20/h3,6-7,11-12,14-15H,4-5,8H2,1-2H3. The number of aryl methyl sites for hydroxylation is 2. The largest absolute Gasteiger partial charge is 0.274 e. The van der Waals surface area contributed by atoms with Gasteiger partial charge in [-0.05, 0) is 56.6 Å². The molecule has 0 radical (unpaired) electrons. The molecule has 2 aliphatic carbocycles. The normalized spacial score (nSPS) is 35.0. The van der Waals surface area contributed by atoms with Crippen LogP contribution >= 0.6 is 0 Å². The Morgan fingerprint density at radius 3 is 2.15 bits per heavy atom. The van der Waals surface area contributed by atoms with Gasteiger partial charge in [-0.3, -0.25) is 9.59 Å². The topological polar surface area (TPSA) is 37.4 Å². The van der Waals surface area contributed by atoms with Gasteiger partial charge in [-0.1, -0.05) is 17.7 Å². The summed E-state index contributed by atoms with van der Waals surface area (Å²) in [6.07, 6.45) is 3.35. The highest BCUT2D eigenvalue weighted by Gasteiger charge is 2.61. The first-order valence-electron chi connectivity index (χ1n) is 7.53. The van der Waals surface area contributed by atoms with Gasteiger partial charge in [0, 0.05) is 0 Å². The molecule has 3 heteroatoms. The number of amides is 2. The van der Waals surface area contributed by atoms with Gasteiger partial charge in [-0.25, -0.2) is 4.90 Å². The Bertz CT molecular complexity index is 593. The first kappa shape index (κ1) is 12.1. The molecule has 104 valence electrons. The second-order valence-corrected chi connectivity index (χ2v) is 6.69. The van der Waals surface area contributed by atoms with E-state index in [1.54, 1.807) is 0 Å². The van der Waals surface area contributed by atoms with E-state index in [4.69, 9.17) is 0 Å². The van der Waals surface area contributed by atoms with Crippen molar-refractivity contribution in [2.75, 3.05) is 4.90 Å². The van der Waals surface area contributed by atoms with Gasteiger partial charge >= 0.3 is 0 Å². The van der Waals surface area contributed by atoms with Crippen molar-refractivity contribution in [3.63, 3.8) is 0 Å². The molecule has 1 heterocycles. The van der Waals surface area contributed by atoms with Gasteiger partial charge < -0.3 is 0 Å². The average Bonchev–Trinajstić information content (AvgIpc) is 3.06. The molecule has 4 unspecified atom stereocenters. The molecular formula is C17H19NO2. The van der Waals surface area contributed by atoms with Crippen LogP contribution in [-0.2, 0) is 9.59 Å². The molecular weight excluding hydrogens is 250 g/mol. The van der Waals surface area contributed by atoms with Crippen LogP contribution in [0.25, 0.3) is 0 Å². The summed E-state index contributed by atoms with van der Waals surface area (Å²) in [6, 6.07) is 5.94. The van der Waals surface area contributed by atoms with Crippen molar-refractivity contribution in [2.24, 2.45) is 23.7 Å². The lowest BCUT2D eigenvalue weighted by molar-refractivity contribution is -0.123. The van der Waals surface area contributed by atoms with Crippen molar-refractivity contribution in [1.29, 1.82) is 0 Å². The third kappa shape index (κ3) is 1.41. The molecule has 1 saturated heterocycles. The van der Waals surface area contributed by atoms with Crippen LogP contribution in [0, 0.1) is 37.5 Å². The molecule has 2 saturated carbocycles. The predicted octanol–water partition coefficient (Wildman–Crippen LogP) is 2.84. The highest BCUT2D eigenvalue weighted by atomic mass is 16.2. The van der Waals surface area contributed by atoms with Gasteiger partial charge in [0.25, 0.3) is 0 Å². The maximum Gasteiger partial charge on any atom is 0.237 e. The molecule has 4 atom stereocenters. The lowest BCUT2D eigenvalue weighted by Gasteiger charge is -2.19. The molecule has 3 aliphatic rings. The molecule has 2 amide bonds. The molecule has 20 heavy (non-hydrogen) atoms. The van der Waals surface area contributed by atoms with Gasteiger partial charge in [-0.15, -0.1) is 0 Å². The Kier molecular flexibility index (Phi) is 2.39. The fourth-order valence-corrected chi connectivity index (χ4v) is 4.70. The number of nitrogens with zero attached hydrogens (tertiary/aromatic N) is 1. The molecule has 4 rings (SSSR count). The summed E-state index contributed by atoms with van der Waals surface area (Å²) in [5, 5.41) is 0. The first-order chi connectivity index (χ1) is 9.58. The number of rotatable bonds is 1. The van der Waals surface area contributed by atoms with E-state index in [0.29, 0.717) is 11.8 Å². The summed E-state index contributed by atoms with van der Waals surface area (Å²) >= 11 is 0. The van der Waals surface area contributed by atoms with Crippen molar-refractivity contribution < 1.29 is 9.59 Å². The Balaban J connectivity index is 1.77. The van der Waals surface area contributed by atoms with E-state index < -0.39 is 0 Å². The smallest absolute Gasteiger partial charge is 0.237 e. The van der Waals surface area contributed by atoms with Gasteiger partial charge in [0.2, 0.25) is 11.8 Å². The van der Waals surface area contributed by atoms with E-state index in [1.165, 1.54) is 4.90 Å². The lowest BCUT2D eigenvalue weighted by atomic mass is 9.81. The number of hydrogen-bond acceptors (Lipinski definition) is 2. The zero-order chi connectivity index (χ0) is 14.0. The number of imide groups is 1. The van der Waals surface area contributed by atoms with Crippen molar-refractivity contribution in [3.8, 4) is 0 Å². The quantitative estimate of drug-likeness (QED) is 0.735. The second kappa shape index (κ2) is 3.94. The van der Waals surface area contributed by atoms with Gasteiger partial charge in [0.1, 0.15) is 0 Å². The Labute approximate surface area is 119 Å². The van der Waals surface area contributed by atoms with Crippen molar-refractivity contribution in [2.45, 2.75) is 33.1 Å². The molecule has 0 N–H and O–H groups in total. The number of fused-ring (bicyclic) bond motifs is 5. The van der Waals surface area contributed by atoms with E-state index in [2.05, 4.69) is 0 Å². The van der Waals surface area contributed by atoms with E-state index in [9.17, 15) is 9.59 Å². The van der Waals surface area contributed by atoms with Crippen LogP contribution in [-0.4, -0.2) is 11.8 Å². The summed E-state index contributed by atoms with van der Waals surface area (Å²) in [5.41, 5.74) is 2.96. The van der Waals surface area contributed by atoms with E-state index >= 15 is 0 Å². The third-order valence-electron chi connectivity index (χ3n) is 5.52. The Morgan fingerprint density at radius 2 is 1.60 bits per heavy atom. The zero-order valence-electron chi connectivity index (χ0n) is 11.9. The van der Waals surface area contributed by atoms with Gasteiger partial charge in [0.05, 0.1) is 17.5 Å². The van der Waals surface area contributed by atoms with Crippen molar-refractivity contribution in [1.82, 2.24) is 0 Å². The molecule has 3 nitrogen and oxygen atoms in total. The van der Waals surface area contributed by atoms with Gasteiger partial charge in [0.15, 0.2) is 0 Å². The summed E-state index contributed by atoms with van der Waals surface area (Å²) in [5.74, 6) is 0.969. The Hall–Kier alpha value is -1.64. The summed E-state index contributed by atoms with van der Waals surface area (Å²) < 4.78 is 0. The zero-order valence-corrected chi connectivity index (χ0v) is 11.9. The van der Waals surface area contributed by atoms with Crippen LogP contribution in [0.1, 0.15) is 30.4 Å². The van der Waals surface area contributed by atoms with Crippen LogP contribution in [0.15, 0.2) is 18.2 Å². The second-order valence-electron chi connectivity index (χ2n) is 6.69. The van der Waals surface area contributed by atoms with Crippen molar-refractivity contribution in [3.05, 3.63) is 29.3 Å². The molecule has 1 aromatic carbocycles. The third-order valence-corrected chi connectivity index (χ3v) is 5.52. The number of carbonyl (C=O) groups is 2. The molecule has 1 aromatic rings. The summed E-state index contributed by atoms with van der Waals surface area (Å²) in [6.45, 7) is 4.00. The number of anilines is 1. The van der Waals surface area contributed by atoms with E-state index in [-0.39, 0.29) is 23.7 Å². The number of carbonyl (C=O) groups excluding carboxylic acids is 2. The highest BCUT2D eigenvalue weighted by Crippen LogP contribution is 2.56. The molecule has 0 aromatic heterocycles. The molecule has 2 bridgehead atoms. The highest BCUT2D eigenvalue weighted by molar-refractivity contribution is 6.22. The minimum absolute atomic E-state index is 0.0260. The van der Waals surface area contributed by atoms with Crippen LogP contribution < -0.4 is 4.90 Å². The summed E-state index contributed by atoms with van der Waals surface area (Å²) in [4.78, 5) is 26.9. The van der Waals surface area contributed by atoms with E-state index in [0.717, 1.165) is 36.1 Å². The maximum atomic E-state index is 12.7. The van der Waals surface area contributed by atoms with Crippen LogP contribution in [0.4, 0.5) is 5.69 Å². The summed E-state index contributed by atoms with van der Waals surface area (Å²) in [7, 11) is 0. The predicted molar refractivity (Wildman–Crippen MR) is 76.2 cm³/mol.